The maximum absolute atomic E-state index is 12.8. The molecular weight excluding hydrogens is 364 g/mol. The standard InChI is InChI=1S/C19H20N6O.ClH/c1-23-17-8-7-15(14-12-21-24-10-3-2-6-16(14)24)22-18(17)25(19(23)26)13-5-4-9-20-11-13;/h2-3,6-8,10,12-13,20H,4-5,9,11H2,1H3;1H. The zero-order valence-corrected chi connectivity index (χ0v) is 15.8. The maximum atomic E-state index is 12.8. The Morgan fingerprint density at radius 1 is 1.19 bits per heavy atom. The van der Waals surface area contributed by atoms with E-state index >= 15 is 0 Å². The van der Waals surface area contributed by atoms with Gasteiger partial charge in [0.15, 0.2) is 5.65 Å². The Labute approximate surface area is 162 Å². The summed E-state index contributed by atoms with van der Waals surface area (Å²) in [5.74, 6) is 0. The number of rotatable bonds is 2. The molecule has 0 radical (unpaired) electrons. The van der Waals surface area contributed by atoms with Crippen molar-refractivity contribution in [3.8, 4) is 11.3 Å². The lowest BCUT2D eigenvalue weighted by Crippen LogP contribution is -2.36. The minimum atomic E-state index is -0.00165. The van der Waals surface area contributed by atoms with Gasteiger partial charge in [0.05, 0.1) is 29.0 Å². The molecule has 7 nitrogen and oxygen atoms in total. The Kier molecular flexibility index (Phi) is 4.49. The average molecular weight is 385 g/mol. The van der Waals surface area contributed by atoms with Crippen molar-refractivity contribution < 1.29 is 0 Å². The first-order chi connectivity index (χ1) is 12.7. The van der Waals surface area contributed by atoms with E-state index in [4.69, 9.17) is 4.98 Å². The number of imidazole rings is 1. The summed E-state index contributed by atoms with van der Waals surface area (Å²) < 4.78 is 5.39. The number of pyridine rings is 2. The molecule has 0 spiro atoms. The van der Waals surface area contributed by atoms with Gasteiger partial charge >= 0.3 is 5.69 Å². The summed E-state index contributed by atoms with van der Waals surface area (Å²) in [4.78, 5) is 17.7. The van der Waals surface area contributed by atoms with Crippen LogP contribution in [0.25, 0.3) is 27.9 Å². The lowest BCUT2D eigenvalue weighted by atomic mass is 10.1. The first-order valence-electron chi connectivity index (χ1n) is 8.95. The number of piperidine rings is 1. The Morgan fingerprint density at radius 2 is 2.07 bits per heavy atom. The third-order valence-corrected chi connectivity index (χ3v) is 5.28. The summed E-state index contributed by atoms with van der Waals surface area (Å²) in [6.45, 7) is 1.82. The van der Waals surface area contributed by atoms with Gasteiger partial charge < -0.3 is 5.32 Å². The van der Waals surface area contributed by atoms with E-state index in [2.05, 4.69) is 10.4 Å². The van der Waals surface area contributed by atoms with Gasteiger partial charge in [-0.2, -0.15) is 5.10 Å². The highest BCUT2D eigenvalue weighted by Crippen LogP contribution is 2.26. The van der Waals surface area contributed by atoms with Crippen molar-refractivity contribution in [1.82, 2.24) is 29.0 Å². The molecule has 27 heavy (non-hydrogen) atoms. The third kappa shape index (κ3) is 2.74. The second kappa shape index (κ2) is 6.83. The fraction of sp³-hybridized carbons (Fsp3) is 0.316. The Bertz CT molecular complexity index is 1170. The predicted molar refractivity (Wildman–Crippen MR) is 108 cm³/mol. The molecule has 4 aromatic rings. The summed E-state index contributed by atoms with van der Waals surface area (Å²) in [5, 5.41) is 7.79. The molecule has 1 saturated heterocycles. The van der Waals surface area contributed by atoms with Gasteiger partial charge in [-0.1, -0.05) is 6.07 Å². The number of nitrogens with one attached hydrogen (secondary N) is 1. The van der Waals surface area contributed by atoms with E-state index in [1.54, 1.807) is 4.57 Å². The third-order valence-electron chi connectivity index (χ3n) is 5.28. The number of aryl methyl sites for hydroxylation is 1. The summed E-state index contributed by atoms with van der Waals surface area (Å²) in [5.41, 5.74) is 4.42. The molecule has 0 aliphatic carbocycles. The second-order valence-electron chi connectivity index (χ2n) is 6.84. The Morgan fingerprint density at radius 3 is 2.89 bits per heavy atom. The van der Waals surface area contributed by atoms with Gasteiger partial charge in [-0.05, 0) is 43.7 Å². The zero-order valence-electron chi connectivity index (χ0n) is 15.0. The van der Waals surface area contributed by atoms with Gasteiger partial charge in [-0.15, -0.1) is 12.4 Å². The topological polar surface area (TPSA) is 69.2 Å². The predicted octanol–water partition coefficient (Wildman–Crippen LogP) is 2.40. The molecule has 1 aliphatic heterocycles. The van der Waals surface area contributed by atoms with E-state index < -0.39 is 0 Å². The van der Waals surface area contributed by atoms with Crippen LogP contribution in [0.4, 0.5) is 0 Å². The van der Waals surface area contributed by atoms with Gasteiger partial charge in [0, 0.05) is 25.4 Å². The second-order valence-corrected chi connectivity index (χ2v) is 6.84. The normalized spacial score (nSPS) is 17.3. The fourth-order valence-electron chi connectivity index (χ4n) is 3.90. The molecular formula is C19H21ClN6O. The zero-order chi connectivity index (χ0) is 17.7. The van der Waals surface area contributed by atoms with Crippen molar-refractivity contribution in [2.45, 2.75) is 18.9 Å². The van der Waals surface area contributed by atoms with Gasteiger partial charge in [-0.25, -0.2) is 14.3 Å². The van der Waals surface area contributed by atoms with Crippen molar-refractivity contribution in [3.63, 3.8) is 0 Å². The molecule has 140 valence electrons. The molecule has 1 fully saturated rings. The van der Waals surface area contributed by atoms with E-state index in [0.717, 1.165) is 53.9 Å². The molecule has 0 bridgehead atoms. The molecule has 1 atom stereocenters. The first-order valence-corrected chi connectivity index (χ1v) is 8.95. The van der Waals surface area contributed by atoms with Crippen LogP contribution in [0.5, 0.6) is 0 Å². The monoisotopic (exact) mass is 384 g/mol. The van der Waals surface area contributed by atoms with Crippen LogP contribution < -0.4 is 11.0 Å². The van der Waals surface area contributed by atoms with Crippen molar-refractivity contribution in [2.75, 3.05) is 13.1 Å². The highest BCUT2D eigenvalue weighted by molar-refractivity contribution is 5.85. The summed E-state index contributed by atoms with van der Waals surface area (Å²) >= 11 is 0. The van der Waals surface area contributed by atoms with Crippen LogP contribution in [0.2, 0.25) is 0 Å². The van der Waals surface area contributed by atoms with Crippen LogP contribution in [0, 0.1) is 0 Å². The SMILES string of the molecule is Cl.Cn1c(=O)n(C2CCCNC2)c2nc(-c3cnn4ccccc34)ccc21. The number of aromatic nitrogens is 5. The van der Waals surface area contributed by atoms with Gasteiger partial charge in [0.1, 0.15) is 0 Å². The average Bonchev–Trinajstić information content (AvgIpc) is 3.22. The molecule has 5 rings (SSSR count). The smallest absolute Gasteiger partial charge is 0.315 e. The van der Waals surface area contributed by atoms with Crippen molar-refractivity contribution >= 4 is 29.1 Å². The van der Waals surface area contributed by atoms with E-state index in [1.807, 2.05) is 58.9 Å². The number of halogens is 1. The van der Waals surface area contributed by atoms with Crippen LogP contribution in [0.1, 0.15) is 18.9 Å². The van der Waals surface area contributed by atoms with E-state index in [1.165, 1.54) is 0 Å². The molecule has 0 saturated carbocycles. The highest BCUT2D eigenvalue weighted by Gasteiger charge is 2.22. The molecule has 8 heteroatoms. The molecule has 1 N–H and O–H groups in total. The van der Waals surface area contributed by atoms with E-state index in [9.17, 15) is 4.79 Å². The maximum Gasteiger partial charge on any atom is 0.330 e. The largest absolute Gasteiger partial charge is 0.330 e. The van der Waals surface area contributed by atoms with Gasteiger partial charge in [0.2, 0.25) is 0 Å². The quantitative estimate of drug-likeness (QED) is 0.576. The molecule has 1 aliphatic rings. The van der Waals surface area contributed by atoms with E-state index in [-0.39, 0.29) is 24.1 Å². The molecule has 5 heterocycles. The van der Waals surface area contributed by atoms with Crippen LogP contribution in [-0.2, 0) is 7.05 Å². The Balaban J connectivity index is 0.00000180. The molecule has 0 aromatic carbocycles. The summed E-state index contributed by atoms with van der Waals surface area (Å²) in [6.07, 6.45) is 5.82. The van der Waals surface area contributed by atoms with Gasteiger partial charge in [0.25, 0.3) is 0 Å². The lowest BCUT2D eigenvalue weighted by Gasteiger charge is -2.23. The van der Waals surface area contributed by atoms with Crippen LogP contribution in [-0.4, -0.2) is 36.8 Å². The Hall–Kier alpha value is -2.64. The minimum Gasteiger partial charge on any atom is -0.315 e. The van der Waals surface area contributed by atoms with E-state index in [0.29, 0.717) is 0 Å². The molecule has 4 aromatic heterocycles. The van der Waals surface area contributed by atoms with Crippen LogP contribution in [0.15, 0.2) is 47.5 Å². The number of hydrogen-bond donors (Lipinski definition) is 1. The summed E-state index contributed by atoms with van der Waals surface area (Å²) in [7, 11) is 1.81. The van der Waals surface area contributed by atoms with Gasteiger partial charge in [-0.3, -0.25) is 9.13 Å². The molecule has 1 unspecified atom stereocenters. The summed E-state index contributed by atoms with van der Waals surface area (Å²) in [6, 6.07) is 10.1. The number of fused-ring (bicyclic) bond motifs is 2. The van der Waals surface area contributed by atoms with Crippen LogP contribution >= 0.6 is 12.4 Å². The molecule has 0 amide bonds. The highest BCUT2D eigenvalue weighted by atomic mass is 35.5. The number of hydrogen-bond acceptors (Lipinski definition) is 4. The lowest BCUT2D eigenvalue weighted by molar-refractivity contribution is 0.368. The van der Waals surface area contributed by atoms with Crippen molar-refractivity contribution in [1.29, 1.82) is 0 Å². The fourth-order valence-corrected chi connectivity index (χ4v) is 3.90. The van der Waals surface area contributed by atoms with Crippen molar-refractivity contribution in [3.05, 3.63) is 53.2 Å². The van der Waals surface area contributed by atoms with Crippen molar-refractivity contribution in [2.24, 2.45) is 7.05 Å². The van der Waals surface area contributed by atoms with Crippen LogP contribution in [0.3, 0.4) is 0 Å². The minimum absolute atomic E-state index is 0. The first kappa shape index (κ1) is 17.8. The number of nitrogens with zero attached hydrogens (tertiary/aromatic N) is 5.